The number of thioether (sulfide) groups is 1. The maximum Gasteiger partial charge on any atom is 0.248 e. The normalized spacial score (nSPS) is 12.2. The van der Waals surface area contributed by atoms with Gasteiger partial charge in [-0.15, -0.1) is 11.8 Å². The Hall–Kier alpha value is -3.48. The summed E-state index contributed by atoms with van der Waals surface area (Å²) in [5, 5.41) is 2.69. The minimum atomic E-state index is -0.482. The fraction of sp³-hybridized carbons (Fsp3) is 0.294. The Balaban J connectivity index is 1.51. The van der Waals surface area contributed by atoms with Crippen molar-refractivity contribution in [1.29, 1.82) is 0 Å². The van der Waals surface area contributed by atoms with Crippen LogP contribution >= 0.6 is 23.4 Å². The van der Waals surface area contributed by atoms with Gasteiger partial charge in [0.25, 0.3) is 0 Å². The van der Waals surface area contributed by atoms with Crippen LogP contribution < -0.4 is 10.3 Å². The second-order valence-electron chi connectivity index (χ2n) is 12.2. The molecule has 2 N–H and O–H groups in total. The third kappa shape index (κ3) is 6.88. The minimum absolute atomic E-state index is 0.0469. The maximum absolute atomic E-state index is 11.8. The van der Waals surface area contributed by atoms with Gasteiger partial charge in [0.1, 0.15) is 18.6 Å². The highest BCUT2D eigenvalue weighted by Crippen LogP contribution is 2.43. The summed E-state index contributed by atoms with van der Waals surface area (Å²) in [6.45, 7) is 10.8. The molecule has 5 nitrogen and oxygen atoms in total. The Morgan fingerprint density at radius 3 is 2.44 bits per heavy atom. The van der Waals surface area contributed by atoms with Crippen LogP contribution in [0.1, 0.15) is 57.0 Å². The van der Waals surface area contributed by atoms with E-state index in [0.717, 1.165) is 49.8 Å². The minimum Gasteiger partial charge on any atom is -0.487 e. The van der Waals surface area contributed by atoms with Crippen LogP contribution in [0.3, 0.4) is 0 Å². The van der Waals surface area contributed by atoms with Crippen molar-refractivity contribution in [2.75, 3.05) is 0 Å². The summed E-state index contributed by atoms with van der Waals surface area (Å²) in [6.07, 6.45) is 2.32. The molecule has 0 saturated heterocycles. The largest absolute Gasteiger partial charge is 0.487 e. The molecule has 0 spiro atoms. The highest BCUT2D eigenvalue weighted by molar-refractivity contribution is 8.00. The van der Waals surface area contributed by atoms with Gasteiger partial charge in [-0.2, -0.15) is 0 Å². The van der Waals surface area contributed by atoms with Crippen LogP contribution in [0.5, 0.6) is 5.75 Å². The molecule has 0 fully saturated rings. The molecule has 0 bridgehead atoms. The van der Waals surface area contributed by atoms with Gasteiger partial charge in [-0.3, -0.25) is 4.79 Å². The number of carbonyl (C=O) groups is 1. The zero-order chi connectivity index (χ0) is 29.4. The maximum atomic E-state index is 11.8. The number of benzene rings is 3. The Morgan fingerprint density at radius 2 is 1.68 bits per heavy atom. The van der Waals surface area contributed by atoms with Gasteiger partial charge in [0.2, 0.25) is 5.56 Å². The number of fused-ring (bicyclic) bond motifs is 2. The number of aromatic nitrogens is 2. The third-order valence-electron chi connectivity index (χ3n) is 6.90. The van der Waals surface area contributed by atoms with Gasteiger partial charge in [0.05, 0.1) is 5.02 Å². The van der Waals surface area contributed by atoms with E-state index in [1.807, 2.05) is 56.3 Å². The van der Waals surface area contributed by atoms with Crippen molar-refractivity contribution in [3.8, 4) is 5.75 Å². The first-order valence-electron chi connectivity index (χ1n) is 13.7. The SMILES string of the molecule is CC(C)(C=O)Cc1[nH]c2ccccc2c1Cc1cc(OCc2ccc3[nH]c(=O)ccc3c2)c(Cl)c(SC(C)(C)C)c1. The van der Waals surface area contributed by atoms with E-state index in [4.69, 9.17) is 16.3 Å². The van der Waals surface area contributed by atoms with Crippen molar-refractivity contribution in [3.05, 3.63) is 104 Å². The summed E-state index contributed by atoms with van der Waals surface area (Å²) in [4.78, 5) is 30.8. The molecule has 0 saturated carbocycles. The molecular formula is C34H35ClN2O3S. The van der Waals surface area contributed by atoms with Crippen molar-refractivity contribution in [2.24, 2.45) is 5.41 Å². The molecule has 41 heavy (non-hydrogen) atoms. The van der Waals surface area contributed by atoms with Gasteiger partial charge in [0, 0.05) is 43.2 Å². The first-order valence-corrected chi connectivity index (χ1v) is 14.9. The molecule has 5 aromatic rings. The fourth-order valence-corrected chi connectivity index (χ4v) is 6.34. The number of nitrogens with one attached hydrogen (secondary N) is 2. The van der Waals surface area contributed by atoms with E-state index in [9.17, 15) is 9.59 Å². The molecule has 5 rings (SSSR count). The van der Waals surface area contributed by atoms with E-state index in [1.54, 1.807) is 11.8 Å². The summed E-state index contributed by atoms with van der Waals surface area (Å²) in [7, 11) is 0. The Labute approximate surface area is 249 Å². The van der Waals surface area contributed by atoms with Gasteiger partial charge < -0.3 is 19.5 Å². The second kappa shape index (κ2) is 11.4. The van der Waals surface area contributed by atoms with Crippen molar-refractivity contribution >= 4 is 51.5 Å². The summed E-state index contributed by atoms with van der Waals surface area (Å²) in [5.41, 5.74) is 5.56. The molecular weight excluding hydrogens is 552 g/mol. The lowest BCUT2D eigenvalue weighted by Gasteiger charge is -2.21. The molecule has 0 aliphatic rings. The topological polar surface area (TPSA) is 75.0 Å². The zero-order valence-electron chi connectivity index (χ0n) is 24.1. The highest BCUT2D eigenvalue weighted by Gasteiger charge is 2.23. The average molecular weight is 587 g/mol. The number of rotatable bonds is 9. The van der Waals surface area contributed by atoms with Crippen LogP contribution in [0.2, 0.25) is 5.02 Å². The van der Waals surface area contributed by atoms with E-state index in [2.05, 4.69) is 48.9 Å². The molecule has 0 unspecified atom stereocenters. The third-order valence-corrected chi connectivity index (χ3v) is 8.55. The lowest BCUT2D eigenvalue weighted by molar-refractivity contribution is -0.114. The Kier molecular flexibility index (Phi) is 8.09. The van der Waals surface area contributed by atoms with E-state index in [1.165, 1.54) is 11.6 Å². The molecule has 2 heterocycles. The van der Waals surface area contributed by atoms with Crippen LogP contribution in [-0.2, 0) is 24.2 Å². The lowest BCUT2D eigenvalue weighted by atomic mass is 9.87. The molecule has 7 heteroatoms. The Bertz CT molecular complexity index is 1800. The van der Waals surface area contributed by atoms with Crippen LogP contribution in [0.4, 0.5) is 0 Å². The number of halogens is 1. The molecule has 0 amide bonds. The van der Waals surface area contributed by atoms with Gasteiger partial charge in [-0.05, 0) is 71.3 Å². The predicted octanol–water partition coefficient (Wildman–Crippen LogP) is 8.49. The van der Waals surface area contributed by atoms with Crippen LogP contribution in [-0.4, -0.2) is 21.0 Å². The Morgan fingerprint density at radius 1 is 0.902 bits per heavy atom. The number of para-hydroxylation sites is 1. The standard InChI is InChI=1S/C34H35ClN2O3S/c1-33(2,3)41-30-17-22(15-25-24-8-6-7-9-27(24)36-28(25)18-34(4,5)20-38)16-29(32(30)35)40-19-21-10-12-26-23(14-21)11-13-31(39)37-26/h6-14,16-17,20,36H,15,18-19H2,1-5H3,(H,37,39). The van der Waals surface area contributed by atoms with E-state index >= 15 is 0 Å². The van der Waals surface area contributed by atoms with Gasteiger partial charge in [0.15, 0.2) is 0 Å². The van der Waals surface area contributed by atoms with Crippen molar-refractivity contribution < 1.29 is 9.53 Å². The van der Waals surface area contributed by atoms with Crippen LogP contribution in [0, 0.1) is 5.41 Å². The molecule has 212 valence electrons. The van der Waals surface area contributed by atoms with Crippen LogP contribution in [0.15, 0.2) is 76.4 Å². The summed E-state index contributed by atoms with van der Waals surface area (Å²) < 4.78 is 6.31. The summed E-state index contributed by atoms with van der Waals surface area (Å²) in [5.74, 6) is 0.632. The first-order chi connectivity index (χ1) is 19.4. The van der Waals surface area contributed by atoms with Crippen molar-refractivity contribution in [3.63, 3.8) is 0 Å². The highest BCUT2D eigenvalue weighted by atomic mass is 35.5. The van der Waals surface area contributed by atoms with Crippen molar-refractivity contribution in [1.82, 2.24) is 9.97 Å². The molecule has 0 atom stereocenters. The number of aromatic amines is 2. The number of H-pyrrole nitrogens is 2. The smallest absolute Gasteiger partial charge is 0.248 e. The monoisotopic (exact) mass is 586 g/mol. The molecule has 0 aliphatic carbocycles. The average Bonchev–Trinajstić information content (AvgIpc) is 3.24. The van der Waals surface area contributed by atoms with E-state index < -0.39 is 5.41 Å². The van der Waals surface area contributed by atoms with Gasteiger partial charge in [-0.1, -0.05) is 70.5 Å². The quantitative estimate of drug-likeness (QED) is 0.134. The number of pyridine rings is 1. The second-order valence-corrected chi connectivity index (χ2v) is 14.5. The van der Waals surface area contributed by atoms with Gasteiger partial charge >= 0.3 is 0 Å². The lowest BCUT2D eigenvalue weighted by Crippen LogP contribution is -2.17. The van der Waals surface area contributed by atoms with E-state index in [0.29, 0.717) is 30.2 Å². The number of hydrogen-bond donors (Lipinski definition) is 2. The predicted molar refractivity (Wildman–Crippen MR) is 171 cm³/mol. The molecule has 0 radical (unpaired) electrons. The summed E-state index contributed by atoms with van der Waals surface area (Å²) >= 11 is 8.66. The molecule has 3 aromatic carbocycles. The van der Waals surface area contributed by atoms with Gasteiger partial charge in [-0.25, -0.2) is 0 Å². The van der Waals surface area contributed by atoms with E-state index in [-0.39, 0.29) is 10.3 Å². The fourth-order valence-electron chi connectivity index (χ4n) is 5.00. The number of aldehydes is 1. The first kappa shape index (κ1) is 29.0. The number of ether oxygens (including phenoxy) is 1. The molecule has 0 aliphatic heterocycles. The zero-order valence-corrected chi connectivity index (χ0v) is 25.6. The van der Waals surface area contributed by atoms with Crippen LogP contribution in [0.25, 0.3) is 21.8 Å². The summed E-state index contributed by atoms with van der Waals surface area (Å²) in [6, 6.07) is 21.7. The van der Waals surface area contributed by atoms with Crippen molar-refractivity contribution in [2.45, 2.75) is 63.7 Å². The number of hydrogen-bond acceptors (Lipinski definition) is 4. The molecule has 2 aromatic heterocycles. The number of carbonyl (C=O) groups excluding carboxylic acids is 1.